The second-order valence-corrected chi connectivity index (χ2v) is 6.18. The molecule has 0 saturated heterocycles. The molecule has 2 aliphatic rings. The maximum atomic E-state index is 12.5. The maximum Gasteiger partial charge on any atom is 0.337 e. The number of benzene rings is 1. The van der Waals surface area contributed by atoms with E-state index in [1.54, 1.807) is 31.2 Å². The Bertz CT molecular complexity index is 844. The zero-order valence-corrected chi connectivity index (χ0v) is 15.1. The fourth-order valence-corrected chi connectivity index (χ4v) is 2.94. The molecule has 27 heavy (non-hydrogen) atoms. The molecule has 0 spiro atoms. The highest BCUT2D eigenvalue weighted by molar-refractivity contribution is 6.12. The molecule has 0 fully saturated rings. The molecular formula is C18H20N4O5. The van der Waals surface area contributed by atoms with Crippen molar-refractivity contribution in [2.45, 2.75) is 13.3 Å². The second-order valence-electron chi connectivity index (χ2n) is 6.18. The van der Waals surface area contributed by atoms with E-state index < -0.39 is 5.97 Å². The van der Waals surface area contributed by atoms with Crippen molar-refractivity contribution >= 4 is 34.9 Å². The highest BCUT2D eigenvalue weighted by Crippen LogP contribution is 2.26. The van der Waals surface area contributed by atoms with Crippen molar-refractivity contribution in [3.8, 4) is 0 Å². The third-order valence-corrected chi connectivity index (χ3v) is 4.25. The number of carbonyl (C=O) groups is 3. The van der Waals surface area contributed by atoms with Gasteiger partial charge in [-0.15, -0.1) is 0 Å². The molecule has 1 aromatic rings. The minimum atomic E-state index is -0.601. The van der Waals surface area contributed by atoms with Crippen LogP contribution in [0.3, 0.4) is 0 Å². The van der Waals surface area contributed by atoms with Crippen molar-refractivity contribution < 1.29 is 24.2 Å². The number of amides is 2. The number of β-amino-alcohol motifs (C(OH)–C–C–N with tert-alkyl or cyclic N) is 1. The molecule has 2 heterocycles. The Morgan fingerprint density at radius 1 is 1.30 bits per heavy atom. The Labute approximate surface area is 155 Å². The number of hydrogen-bond acceptors (Lipinski definition) is 7. The average Bonchev–Trinajstić information content (AvgIpc) is 3.15. The number of rotatable bonds is 6. The number of nitrogens with zero attached hydrogens (tertiary/aromatic N) is 3. The molecule has 142 valence electrons. The zero-order valence-electron chi connectivity index (χ0n) is 15.1. The van der Waals surface area contributed by atoms with Gasteiger partial charge in [0.1, 0.15) is 5.70 Å². The normalized spacial score (nSPS) is 16.9. The number of esters is 1. The lowest BCUT2D eigenvalue weighted by molar-refractivity contribution is -0.136. The Kier molecular flexibility index (Phi) is 5.22. The number of anilines is 2. The summed E-state index contributed by atoms with van der Waals surface area (Å²) in [6, 6.07) is 6.78. The van der Waals surface area contributed by atoms with Gasteiger partial charge in [-0.25, -0.2) is 9.80 Å². The lowest BCUT2D eigenvalue weighted by Crippen LogP contribution is -2.31. The Balaban J connectivity index is 1.81. The van der Waals surface area contributed by atoms with Crippen LogP contribution >= 0.6 is 0 Å². The van der Waals surface area contributed by atoms with Gasteiger partial charge in [-0.1, -0.05) is 0 Å². The first-order chi connectivity index (χ1) is 12.9. The van der Waals surface area contributed by atoms with Gasteiger partial charge in [0.25, 0.3) is 11.8 Å². The number of hydrogen-bond donors (Lipinski definition) is 2. The van der Waals surface area contributed by atoms with Crippen LogP contribution in [0.5, 0.6) is 0 Å². The average molecular weight is 372 g/mol. The van der Waals surface area contributed by atoms with Crippen LogP contribution in [0.4, 0.5) is 11.4 Å². The number of nitrogens with one attached hydrogen (secondary N) is 1. The number of aliphatic hydroxyl groups is 1. The van der Waals surface area contributed by atoms with Crippen LogP contribution in [0, 0.1) is 0 Å². The van der Waals surface area contributed by atoms with Gasteiger partial charge in [0.15, 0.2) is 0 Å². The van der Waals surface area contributed by atoms with Gasteiger partial charge in [0.05, 0.1) is 37.9 Å². The SMILES string of the molecule is COC(=O)C1=C(Nc2ccc(N3N=C(C)CC3=O)cc2)C(=O)N(CCO)C1. The van der Waals surface area contributed by atoms with E-state index in [1.807, 2.05) is 0 Å². The van der Waals surface area contributed by atoms with E-state index in [2.05, 4.69) is 10.4 Å². The van der Waals surface area contributed by atoms with Gasteiger partial charge in [0.2, 0.25) is 0 Å². The first-order valence-electron chi connectivity index (χ1n) is 8.40. The van der Waals surface area contributed by atoms with E-state index in [4.69, 9.17) is 9.84 Å². The third kappa shape index (κ3) is 3.68. The number of aliphatic hydroxyl groups excluding tert-OH is 1. The van der Waals surface area contributed by atoms with Crippen molar-refractivity contribution in [1.82, 2.24) is 4.90 Å². The van der Waals surface area contributed by atoms with Crippen LogP contribution < -0.4 is 10.3 Å². The molecule has 0 aliphatic carbocycles. The van der Waals surface area contributed by atoms with Crippen molar-refractivity contribution in [1.29, 1.82) is 0 Å². The number of methoxy groups -OCH3 is 1. The molecule has 0 radical (unpaired) electrons. The predicted octanol–water partition coefficient (Wildman–Crippen LogP) is 0.473. The smallest absolute Gasteiger partial charge is 0.337 e. The molecule has 2 N–H and O–H groups in total. The molecule has 0 bridgehead atoms. The van der Waals surface area contributed by atoms with Crippen LogP contribution in [0.25, 0.3) is 0 Å². The van der Waals surface area contributed by atoms with Crippen molar-refractivity contribution in [3.63, 3.8) is 0 Å². The highest BCUT2D eigenvalue weighted by Gasteiger charge is 2.34. The largest absolute Gasteiger partial charge is 0.466 e. The molecule has 1 aromatic carbocycles. The van der Waals surface area contributed by atoms with Crippen molar-refractivity contribution in [3.05, 3.63) is 35.5 Å². The number of hydrazone groups is 1. The van der Waals surface area contributed by atoms with Gasteiger partial charge in [-0.3, -0.25) is 9.59 Å². The summed E-state index contributed by atoms with van der Waals surface area (Å²) in [5.41, 5.74) is 2.26. The second kappa shape index (κ2) is 7.58. The molecule has 0 saturated carbocycles. The molecular weight excluding hydrogens is 352 g/mol. The fourth-order valence-electron chi connectivity index (χ4n) is 2.94. The highest BCUT2D eigenvalue weighted by atomic mass is 16.5. The van der Waals surface area contributed by atoms with E-state index in [9.17, 15) is 14.4 Å². The minimum absolute atomic E-state index is 0.0722. The van der Waals surface area contributed by atoms with Gasteiger partial charge >= 0.3 is 5.97 Å². The zero-order chi connectivity index (χ0) is 19.6. The maximum absolute atomic E-state index is 12.5. The Hall–Kier alpha value is -3.20. The molecule has 2 amide bonds. The first-order valence-corrected chi connectivity index (χ1v) is 8.40. The Morgan fingerprint density at radius 3 is 2.56 bits per heavy atom. The lowest BCUT2D eigenvalue weighted by atomic mass is 10.2. The van der Waals surface area contributed by atoms with Crippen LogP contribution in [-0.4, -0.2) is 60.3 Å². The van der Waals surface area contributed by atoms with E-state index in [-0.39, 0.29) is 42.8 Å². The summed E-state index contributed by atoms with van der Waals surface area (Å²) in [6.45, 7) is 1.78. The molecule has 0 unspecified atom stereocenters. The molecule has 9 heteroatoms. The van der Waals surface area contributed by atoms with Crippen molar-refractivity contribution in [2.24, 2.45) is 5.10 Å². The molecule has 9 nitrogen and oxygen atoms in total. The molecule has 3 rings (SSSR count). The molecule has 2 aliphatic heterocycles. The standard InChI is InChI=1S/C18H20N4O5/c1-11-9-15(24)22(20-11)13-5-3-12(4-6-13)19-16-14(18(26)27-2)10-21(7-8-23)17(16)25/h3-6,19,23H,7-10H2,1-2H3. The fraction of sp³-hybridized carbons (Fsp3) is 0.333. The van der Waals surface area contributed by atoms with Crippen LogP contribution in [0.1, 0.15) is 13.3 Å². The minimum Gasteiger partial charge on any atom is -0.466 e. The van der Waals surface area contributed by atoms with Gasteiger partial charge in [-0.2, -0.15) is 5.10 Å². The van der Waals surface area contributed by atoms with E-state index in [0.717, 1.165) is 5.71 Å². The summed E-state index contributed by atoms with van der Waals surface area (Å²) in [4.78, 5) is 37.8. The summed E-state index contributed by atoms with van der Waals surface area (Å²) in [5.74, 6) is -1.09. The monoisotopic (exact) mass is 372 g/mol. The summed E-state index contributed by atoms with van der Waals surface area (Å²) >= 11 is 0. The quantitative estimate of drug-likeness (QED) is 0.703. The van der Waals surface area contributed by atoms with E-state index in [1.165, 1.54) is 17.0 Å². The number of ether oxygens (including phenoxy) is 1. The molecule has 0 aromatic heterocycles. The van der Waals surface area contributed by atoms with Crippen LogP contribution in [0.2, 0.25) is 0 Å². The summed E-state index contributed by atoms with van der Waals surface area (Å²) in [7, 11) is 1.25. The van der Waals surface area contributed by atoms with Gasteiger partial charge in [0, 0.05) is 17.9 Å². The van der Waals surface area contributed by atoms with E-state index >= 15 is 0 Å². The van der Waals surface area contributed by atoms with Gasteiger partial charge < -0.3 is 20.1 Å². The summed E-state index contributed by atoms with van der Waals surface area (Å²) in [5, 5.41) is 17.6. The summed E-state index contributed by atoms with van der Waals surface area (Å²) in [6.07, 6.45) is 0.296. The summed E-state index contributed by atoms with van der Waals surface area (Å²) < 4.78 is 4.75. The predicted molar refractivity (Wildman–Crippen MR) is 98.0 cm³/mol. The third-order valence-electron chi connectivity index (χ3n) is 4.25. The van der Waals surface area contributed by atoms with Gasteiger partial charge in [-0.05, 0) is 31.2 Å². The van der Waals surface area contributed by atoms with Crippen molar-refractivity contribution in [2.75, 3.05) is 37.1 Å². The first kappa shape index (κ1) is 18.6. The lowest BCUT2D eigenvalue weighted by Gasteiger charge is -2.15. The topological polar surface area (TPSA) is 112 Å². The van der Waals surface area contributed by atoms with Crippen LogP contribution in [-0.2, 0) is 19.1 Å². The van der Waals surface area contributed by atoms with E-state index in [0.29, 0.717) is 17.8 Å². The van der Waals surface area contributed by atoms with Crippen LogP contribution in [0.15, 0.2) is 40.6 Å². The molecule has 0 atom stereocenters. The Morgan fingerprint density at radius 2 is 2.00 bits per heavy atom. The number of carbonyl (C=O) groups excluding carboxylic acids is 3.